The molecular formula is C12H11ClF2INO. The van der Waals surface area contributed by atoms with Gasteiger partial charge < -0.3 is 4.90 Å². The summed E-state index contributed by atoms with van der Waals surface area (Å²) in [7, 11) is 0. The van der Waals surface area contributed by atoms with Crippen molar-refractivity contribution >= 4 is 40.1 Å². The van der Waals surface area contributed by atoms with Crippen LogP contribution in [0, 0.1) is 3.57 Å². The summed E-state index contributed by atoms with van der Waals surface area (Å²) in [5, 5.41) is 0.528. The van der Waals surface area contributed by atoms with Gasteiger partial charge in [-0.25, -0.2) is 8.78 Å². The van der Waals surface area contributed by atoms with Crippen LogP contribution in [0.2, 0.25) is 5.02 Å². The van der Waals surface area contributed by atoms with Crippen molar-refractivity contribution in [2.24, 2.45) is 0 Å². The normalized spacial score (nSPS) is 18.8. The van der Waals surface area contributed by atoms with Crippen LogP contribution in [0.1, 0.15) is 23.2 Å². The average molecular weight is 386 g/mol. The summed E-state index contributed by atoms with van der Waals surface area (Å²) in [5.41, 5.74) is 0.428. The second-order valence-corrected chi connectivity index (χ2v) is 5.91. The summed E-state index contributed by atoms with van der Waals surface area (Å²) in [6.07, 6.45) is 0.192. The molecule has 0 aromatic heterocycles. The molecule has 1 aromatic rings. The molecule has 0 aliphatic carbocycles. The van der Waals surface area contributed by atoms with Gasteiger partial charge in [-0.2, -0.15) is 0 Å². The van der Waals surface area contributed by atoms with Crippen LogP contribution >= 0.6 is 34.2 Å². The number of rotatable bonds is 1. The topological polar surface area (TPSA) is 20.3 Å². The van der Waals surface area contributed by atoms with Crippen LogP contribution in [0.3, 0.4) is 0 Å². The Morgan fingerprint density at radius 1 is 1.44 bits per heavy atom. The Morgan fingerprint density at radius 2 is 2.17 bits per heavy atom. The van der Waals surface area contributed by atoms with E-state index in [-0.39, 0.29) is 12.3 Å². The van der Waals surface area contributed by atoms with Crippen molar-refractivity contribution in [3.05, 3.63) is 32.4 Å². The maximum atomic E-state index is 13.3. The maximum absolute atomic E-state index is 13.3. The second kappa shape index (κ2) is 5.28. The molecule has 1 aliphatic rings. The molecule has 1 heterocycles. The molecular weight excluding hydrogens is 374 g/mol. The SMILES string of the molecule is O=C(c1ccc(Cl)cc1I)N1CCCC(F)(F)C1. The van der Waals surface area contributed by atoms with E-state index in [1.54, 1.807) is 18.2 Å². The molecule has 1 amide bonds. The van der Waals surface area contributed by atoms with Gasteiger partial charge >= 0.3 is 0 Å². The molecule has 2 nitrogen and oxygen atoms in total. The van der Waals surface area contributed by atoms with E-state index in [0.717, 1.165) is 0 Å². The Balaban J connectivity index is 2.20. The molecule has 2 rings (SSSR count). The van der Waals surface area contributed by atoms with Crippen LogP contribution < -0.4 is 0 Å². The van der Waals surface area contributed by atoms with E-state index in [0.29, 0.717) is 27.1 Å². The first-order valence-electron chi connectivity index (χ1n) is 5.51. The molecule has 18 heavy (non-hydrogen) atoms. The fourth-order valence-electron chi connectivity index (χ4n) is 1.97. The minimum absolute atomic E-state index is 0.144. The van der Waals surface area contributed by atoms with Crippen molar-refractivity contribution in [3.8, 4) is 0 Å². The fraction of sp³-hybridized carbons (Fsp3) is 0.417. The number of alkyl halides is 2. The van der Waals surface area contributed by atoms with E-state index in [4.69, 9.17) is 11.6 Å². The number of nitrogens with zero attached hydrogens (tertiary/aromatic N) is 1. The summed E-state index contributed by atoms with van der Waals surface area (Å²) in [4.78, 5) is 13.4. The first-order chi connectivity index (χ1) is 8.39. The van der Waals surface area contributed by atoms with Crippen LogP contribution in [0.5, 0.6) is 0 Å². The van der Waals surface area contributed by atoms with Crippen LogP contribution in [0.25, 0.3) is 0 Å². The van der Waals surface area contributed by atoms with Gasteiger partial charge in [-0.1, -0.05) is 11.6 Å². The molecule has 0 atom stereocenters. The van der Waals surface area contributed by atoms with Gasteiger partial charge in [0.15, 0.2) is 0 Å². The first-order valence-corrected chi connectivity index (χ1v) is 6.97. The number of halogens is 4. The van der Waals surface area contributed by atoms with Crippen molar-refractivity contribution in [1.29, 1.82) is 0 Å². The summed E-state index contributed by atoms with van der Waals surface area (Å²) in [6, 6.07) is 4.83. The highest BCUT2D eigenvalue weighted by Crippen LogP contribution is 2.28. The second-order valence-electron chi connectivity index (χ2n) is 4.31. The van der Waals surface area contributed by atoms with Crippen LogP contribution in [0.4, 0.5) is 8.78 Å². The number of piperidine rings is 1. The van der Waals surface area contributed by atoms with Gasteiger partial charge in [-0.15, -0.1) is 0 Å². The number of likely N-dealkylation sites (tertiary alicyclic amines) is 1. The summed E-state index contributed by atoms with van der Waals surface area (Å²) in [6.45, 7) is -0.113. The average Bonchev–Trinajstić information content (AvgIpc) is 2.27. The number of benzene rings is 1. The molecule has 0 bridgehead atoms. The lowest BCUT2D eigenvalue weighted by atomic mass is 10.1. The molecule has 1 fully saturated rings. The molecule has 0 saturated carbocycles. The van der Waals surface area contributed by atoms with Crippen LogP contribution in [-0.2, 0) is 0 Å². The Bertz CT molecular complexity index is 481. The van der Waals surface area contributed by atoms with E-state index >= 15 is 0 Å². The Morgan fingerprint density at radius 3 is 2.78 bits per heavy atom. The monoisotopic (exact) mass is 385 g/mol. The third-order valence-electron chi connectivity index (χ3n) is 2.84. The predicted octanol–water partition coefficient (Wildman–Crippen LogP) is 3.82. The van der Waals surface area contributed by atoms with Gasteiger partial charge in [0, 0.05) is 21.6 Å². The first kappa shape index (κ1) is 14.0. The van der Waals surface area contributed by atoms with Gasteiger partial charge in [-0.3, -0.25) is 4.79 Å². The largest absolute Gasteiger partial charge is 0.333 e. The summed E-state index contributed by atoms with van der Waals surface area (Å²) >= 11 is 7.79. The maximum Gasteiger partial charge on any atom is 0.265 e. The van der Waals surface area contributed by atoms with Crippen molar-refractivity contribution in [2.75, 3.05) is 13.1 Å². The van der Waals surface area contributed by atoms with E-state index in [1.165, 1.54) is 4.90 Å². The van der Waals surface area contributed by atoms with Crippen molar-refractivity contribution in [1.82, 2.24) is 4.90 Å². The molecule has 98 valence electrons. The highest BCUT2D eigenvalue weighted by Gasteiger charge is 2.37. The van der Waals surface area contributed by atoms with Gasteiger partial charge in [-0.05, 0) is 47.2 Å². The van der Waals surface area contributed by atoms with E-state index < -0.39 is 12.5 Å². The fourth-order valence-corrected chi connectivity index (χ4v) is 3.07. The Kier molecular flexibility index (Phi) is 4.11. The Labute approximate surface area is 122 Å². The third kappa shape index (κ3) is 3.12. The van der Waals surface area contributed by atoms with Crippen molar-refractivity contribution in [2.45, 2.75) is 18.8 Å². The molecule has 0 N–H and O–H groups in total. The quantitative estimate of drug-likeness (QED) is 0.673. The third-order valence-corrected chi connectivity index (χ3v) is 3.97. The van der Waals surface area contributed by atoms with Gasteiger partial charge in [0.1, 0.15) is 0 Å². The zero-order valence-corrected chi connectivity index (χ0v) is 12.3. The molecule has 6 heteroatoms. The van der Waals surface area contributed by atoms with E-state index in [1.807, 2.05) is 22.6 Å². The molecule has 0 unspecified atom stereocenters. The lowest BCUT2D eigenvalue weighted by Crippen LogP contribution is -2.45. The zero-order valence-electron chi connectivity index (χ0n) is 9.43. The predicted molar refractivity (Wildman–Crippen MR) is 74.3 cm³/mol. The van der Waals surface area contributed by atoms with Crippen molar-refractivity contribution in [3.63, 3.8) is 0 Å². The smallest absolute Gasteiger partial charge is 0.265 e. The van der Waals surface area contributed by atoms with Crippen molar-refractivity contribution < 1.29 is 13.6 Å². The summed E-state index contributed by atoms with van der Waals surface area (Å²) in [5.74, 6) is -3.12. The number of hydrogen-bond donors (Lipinski definition) is 0. The molecule has 1 aliphatic heterocycles. The van der Waals surface area contributed by atoms with Gasteiger partial charge in [0.05, 0.1) is 12.1 Å². The zero-order chi connectivity index (χ0) is 13.3. The lowest BCUT2D eigenvalue weighted by molar-refractivity contribution is -0.0560. The van der Waals surface area contributed by atoms with Crippen LogP contribution in [-0.4, -0.2) is 29.8 Å². The van der Waals surface area contributed by atoms with E-state index in [9.17, 15) is 13.6 Å². The number of hydrogen-bond acceptors (Lipinski definition) is 1. The lowest BCUT2D eigenvalue weighted by Gasteiger charge is -2.32. The minimum atomic E-state index is -2.77. The minimum Gasteiger partial charge on any atom is -0.333 e. The molecule has 1 saturated heterocycles. The van der Waals surface area contributed by atoms with Gasteiger partial charge in [0.2, 0.25) is 0 Å². The number of carbonyl (C=O) groups is 1. The Hall–Kier alpha value is -0.430. The van der Waals surface area contributed by atoms with Gasteiger partial charge in [0.25, 0.3) is 11.8 Å². The standard InChI is InChI=1S/C12H11ClF2INO/c13-8-2-3-9(10(16)6-8)11(18)17-5-1-4-12(14,15)7-17/h2-3,6H,1,4-5,7H2. The van der Waals surface area contributed by atoms with E-state index in [2.05, 4.69) is 0 Å². The highest BCUT2D eigenvalue weighted by atomic mass is 127. The summed E-state index contributed by atoms with van der Waals surface area (Å²) < 4.78 is 27.2. The molecule has 0 spiro atoms. The van der Waals surface area contributed by atoms with Crippen LogP contribution in [0.15, 0.2) is 18.2 Å². The molecule has 0 radical (unpaired) electrons. The highest BCUT2D eigenvalue weighted by molar-refractivity contribution is 14.1. The molecule has 1 aromatic carbocycles. The number of amides is 1. The number of carbonyl (C=O) groups excluding carboxylic acids is 1.